The van der Waals surface area contributed by atoms with Crippen LogP contribution in [0.4, 0.5) is 5.69 Å². The quantitative estimate of drug-likeness (QED) is 0.792. The van der Waals surface area contributed by atoms with Crippen LogP contribution in [-0.4, -0.2) is 24.6 Å². The van der Waals surface area contributed by atoms with E-state index < -0.39 is 18.0 Å². The molecule has 1 amide bonds. The van der Waals surface area contributed by atoms with Gasteiger partial charge in [0.1, 0.15) is 5.75 Å². The Kier molecular flexibility index (Phi) is 6.42. The molecule has 0 radical (unpaired) electrons. The lowest BCUT2D eigenvalue weighted by atomic mass is 10.1. The number of benzene rings is 2. The molecule has 132 valence electrons. The first-order valence-corrected chi connectivity index (χ1v) is 8.19. The number of esters is 1. The SMILES string of the molecule is Cc1cccc(NC(=O)COC(=O)C(C)Oc2ccc(Cl)cc2)c1C. The van der Waals surface area contributed by atoms with Crippen molar-refractivity contribution < 1.29 is 19.1 Å². The number of carbonyl (C=O) groups is 2. The molecule has 0 fully saturated rings. The van der Waals surface area contributed by atoms with Gasteiger partial charge in [0.25, 0.3) is 5.91 Å². The maximum atomic E-state index is 12.0. The number of nitrogens with one attached hydrogen (secondary N) is 1. The second-order valence-electron chi connectivity index (χ2n) is 5.62. The summed E-state index contributed by atoms with van der Waals surface area (Å²) in [6, 6.07) is 12.2. The molecule has 0 aliphatic heterocycles. The Morgan fingerprint density at radius 1 is 1.12 bits per heavy atom. The Labute approximate surface area is 151 Å². The molecular weight excluding hydrogens is 342 g/mol. The Bertz CT molecular complexity index is 759. The fourth-order valence-electron chi connectivity index (χ4n) is 2.09. The summed E-state index contributed by atoms with van der Waals surface area (Å²) in [5, 5.41) is 3.30. The van der Waals surface area contributed by atoms with E-state index in [0.29, 0.717) is 16.5 Å². The summed E-state index contributed by atoms with van der Waals surface area (Å²) < 4.78 is 10.5. The zero-order chi connectivity index (χ0) is 18.4. The van der Waals surface area contributed by atoms with Crippen molar-refractivity contribution in [1.29, 1.82) is 0 Å². The summed E-state index contributed by atoms with van der Waals surface area (Å²) >= 11 is 5.79. The molecule has 1 unspecified atom stereocenters. The highest BCUT2D eigenvalue weighted by molar-refractivity contribution is 6.30. The molecule has 1 atom stereocenters. The van der Waals surface area contributed by atoms with Crippen molar-refractivity contribution in [2.75, 3.05) is 11.9 Å². The zero-order valence-electron chi connectivity index (χ0n) is 14.3. The number of hydrogen-bond acceptors (Lipinski definition) is 4. The van der Waals surface area contributed by atoms with Gasteiger partial charge in [-0.05, 0) is 62.2 Å². The van der Waals surface area contributed by atoms with Gasteiger partial charge >= 0.3 is 5.97 Å². The third-order valence-electron chi connectivity index (χ3n) is 3.68. The molecule has 0 saturated carbocycles. The fraction of sp³-hybridized carbons (Fsp3) is 0.263. The molecule has 0 spiro atoms. The van der Waals surface area contributed by atoms with Crippen LogP contribution in [0.5, 0.6) is 5.75 Å². The Morgan fingerprint density at radius 2 is 1.80 bits per heavy atom. The van der Waals surface area contributed by atoms with Crippen molar-refractivity contribution in [1.82, 2.24) is 0 Å². The predicted octanol–water partition coefficient (Wildman–Crippen LogP) is 3.91. The Morgan fingerprint density at radius 3 is 2.48 bits per heavy atom. The van der Waals surface area contributed by atoms with Crippen molar-refractivity contribution in [2.24, 2.45) is 0 Å². The van der Waals surface area contributed by atoms with Crippen LogP contribution in [-0.2, 0) is 14.3 Å². The summed E-state index contributed by atoms with van der Waals surface area (Å²) in [6.07, 6.45) is -0.838. The maximum absolute atomic E-state index is 12.0. The average Bonchev–Trinajstić information content (AvgIpc) is 2.59. The van der Waals surface area contributed by atoms with Gasteiger partial charge in [-0.15, -0.1) is 0 Å². The molecule has 0 saturated heterocycles. The lowest BCUT2D eigenvalue weighted by Gasteiger charge is -2.14. The lowest BCUT2D eigenvalue weighted by molar-refractivity contribution is -0.153. The number of rotatable bonds is 6. The molecule has 0 aliphatic rings. The minimum Gasteiger partial charge on any atom is -0.479 e. The smallest absolute Gasteiger partial charge is 0.347 e. The van der Waals surface area contributed by atoms with Gasteiger partial charge in [0.15, 0.2) is 12.7 Å². The number of anilines is 1. The fourth-order valence-corrected chi connectivity index (χ4v) is 2.22. The van der Waals surface area contributed by atoms with Crippen LogP contribution in [0.1, 0.15) is 18.1 Å². The molecule has 25 heavy (non-hydrogen) atoms. The summed E-state index contributed by atoms with van der Waals surface area (Å²) in [7, 11) is 0. The molecule has 6 heteroatoms. The topological polar surface area (TPSA) is 64.6 Å². The first-order valence-electron chi connectivity index (χ1n) is 7.81. The van der Waals surface area contributed by atoms with Crippen LogP contribution in [0.15, 0.2) is 42.5 Å². The van der Waals surface area contributed by atoms with E-state index >= 15 is 0 Å². The van der Waals surface area contributed by atoms with Crippen LogP contribution in [0.25, 0.3) is 0 Å². The van der Waals surface area contributed by atoms with Crippen LogP contribution < -0.4 is 10.1 Å². The molecule has 2 aromatic carbocycles. The molecule has 5 nitrogen and oxygen atoms in total. The molecule has 0 heterocycles. The van der Waals surface area contributed by atoms with E-state index in [-0.39, 0.29) is 6.61 Å². The van der Waals surface area contributed by atoms with Crippen LogP contribution in [0.2, 0.25) is 5.02 Å². The van der Waals surface area contributed by atoms with Crippen molar-refractivity contribution >= 4 is 29.2 Å². The second kappa shape index (κ2) is 8.53. The molecule has 2 rings (SSSR count). The Balaban J connectivity index is 1.83. The zero-order valence-corrected chi connectivity index (χ0v) is 15.1. The van der Waals surface area contributed by atoms with Crippen molar-refractivity contribution in [3.05, 3.63) is 58.6 Å². The van der Waals surface area contributed by atoms with E-state index in [0.717, 1.165) is 11.1 Å². The van der Waals surface area contributed by atoms with Gasteiger partial charge < -0.3 is 14.8 Å². The van der Waals surface area contributed by atoms with E-state index in [9.17, 15) is 9.59 Å². The van der Waals surface area contributed by atoms with Gasteiger partial charge in [-0.3, -0.25) is 4.79 Å². The maximum Gasteiger partial charge on any atom is 0.347 e. The molecule has 2 aromatic rings. The van der Waals surface area contributed by atoms with Gasteiger partial charge in [-0.1, -0.05) is 23.7 Å². The number of carbonyl (C=O) groups excluding carboxylic acids is 2. The lowest BCUT2D eigenvalue weighted by Crippen LogP contribution is -2.29. The summed E-state index contributed by atoms with van der Waals surface area (Å²) in [4.78, 5) is 23.9. The van der Waals surface area contributed by atoms with Crippen molar-refractivity contribution in [2.45, 2.75) is 26.9 Å². The minimum absolute atomic E-state index is 0.374. The number of ether oxygens (including phenoxy) is 2. The summed E-state index contributed by atoms with van der Waals surface area (Å²) in [5.74, 6) is -0.527. The molecule has 1 N–H and O–H groups in total. The normalized spacial score (nSPS) is 11.5. The van der Waals surface area contributed by atoms with Gasteiger partial charge in [0.05, 0.1) is 0 Å². The standard InChI is InChI=1S/C19H20ClNO4/c1-12-5-4-6-17(13(12)2)21-18(22)11-24-19(23)14(3)25-16-9-7-15(20)8-10-16/h4-10,14H,11H2,1-3H3,(H,21,22). The van der Waals surface area contributed by atoms with E-state index in [2.05, 4.69) is 5.32 Å². The van der Waals surface area contributed by atoms with Crippen LogP contribution in [0.3, 0.4) is 0 Å². The summed E-state index contributed by atoms with van der Waals surface area (Å²) in [5.41, 5.74) is 2.74. The Hall–Kier alpha value is -2.53. The van der Waals surface area contributed by atoms with Gasteiger partial charge in [-0.2, -0.15) is 0 Å². The highest BCUT2D eigenvalue weighted by atomic mass is 35.5. The number of aryl methyl sites for hydroxylation is 1. The minimum atomic E-state index is -0.838. The van der Waals surface area contributed by atoms with E-state index in [1.807, 2.05) is 26.0 Å². The third-order valence-corrected chi connectivity index (χ3v) is 3.93. The third kappa shape index (κ3) is 5.50. The highest BCUT2D eigenvalue weighted by Gasteiger charge is 2.18. The summed E-state index contributed by atoms with van der Waals surface area (Å²) in [6.45, 7) is 5.06. The first kappa shape index (κ1) is 18.8. The van der Waals surface area contributed by atoms with Crippen molar-refractivity contribution in [3.63, 3.8) is 0 Å². The number of hydrogen-bond donors (Lipinski definition) is 1. The van der Waals surface area contributed by atoms with E-state index in [4.69, 9.17) is 21.1 Å². The van der Waals surface area contributed by atoms with Gasteiger partial charge in [-0.25, -0.2) is 4.79 Å². The van der Waals surface area contributed by atoms with Crippen LogP contribution >= 0.6 is 11.6 Å². The van der Waals surface area contributed by atoms with Crippen LogP contribution in [0, 0.1) is 13.8 Å². The number of amides is 1. The molecule has 0 aliphatic carbocycles. The molecule has 0 aromatic heterocycles. The average molecular weight is 362 g/mol. The van der Waals surface area contributed by atoms with E-state index in [1.165, 1.54) is 0 Å². The van der Waals surface area contributed by atoms with Gasteiger partial charge in [0, 0.05) is 10.7 Å². The van der Waals surface area contributed by atoms with E-state index in [1.54, 1.807) is 37.3 Å². The van der Waals surface area contributed by atoms with Crippen molar-refractivity contribution in [3.8, 4) is 5.75 Å². The monoisotopic (exact) mass is 361 g/mol. The first-order chi connectivity index (χ1) is 11.9. The molecule has 0 bridgehead atoms. The van der Waals surface area contributed by atoms with Gasteiger partial charge in [0.2, 0.25) is 0 Å². The largest absolute Gasteiger partial charge is 0.479 e. The number of halogens is 1. The molecular formula is C19H20ClNO4. The second-order valence-corrected chi connectivity index (χ2v) is 6.05. The highest BCUT2D eigenvalue weighted by Crippen LogP contribution is 2.18. The predicted molar refractivity (Wildman–Crippen MR) is 97.0 cm³/mol.